The van der Waals surface area contributed by atoms with Crippen molar-refractivity contribution >= 4 is 17.5 Å². The number of aromatic nitrogens is 4. The van der Waals surface area contributed by atoms with Gasteiger partial charge in [-0.1, -0.05) is 11.8 Å². The number of tetrazole rings is 1. The molecule has 0 saturated heterocycles. The molecule has 21 heavy (non-hydrogen) atoms. The molecular weight excluding hydrogens is 288 g/mol. The van der Waals surface area contributed by atoms with E-state index in [1.54, 1.807) is 28.9 Å². The Morgan fingerprint density at radius 2 is 2.05 bits per heavy atom. The van der Waals surface area contributed by atoms with Gasteiger partial charge in [-0.3, -0.25) is 4.79 Å². The quantitative estimate of drug-likeness (QED) is 0.578. The smallest absolute Gasteiger partial charge is 0.209 e. The van der Waals surface area contributed by atoms with Gasteiger partial charge < -0.3 is 4.74 Å². The van der Waals surface area contributed by atoms with Crippen molar-refractivity contribution in [2.75, 3.05) is 12.4 Å². The van der Waals surface area contributed by atoms with E-state index in [2.05, 4.69) is 15.5 Å². The molecule has 0 aliphatic rings. The molecule has 0 amide bonds. The molecule has 0 fully saturated rings. The van der Waals surface area contributed by atoms with Crippen molar-refractivity contribution in [1.82, 2.24) is 20.2 Å². The average molecular weight is 306 g/mol. The lowest BCUT2D eigenvalue weighted by atomic mass is 10.1. The maximum absolute atomic E-state index is 12.2. The molecule has 1 heterocycles. The fourth-order valence-electron chi connectivity index (χ4n) is 1.72. The van der Waals surface area contributed by atoms with Crippen LogP contribution in [0.15, 0.2) is 29.4 Å². The molecule has 2 rings (SSSR count). The van der Waals surface area contributed by atoms with E-state index in [-0.39, 0.29) is 11.8 Å². The third-order valence-electron chi connectivity index (χ3n) is 2.77. The SMILES string of the molecule is CCOc1ccc(C(=O)CSc2nnnn2C(C)C)cc1. The number of nitrogens with zero attached hydrogens (tertiary/aromatic N) is 4. The Hall–Kier alpha value is -1.89. The van der Waals surface area contributed by atoms with E-state index in [1.807, 2.05) is 20.8 Å². The van der Waals surface area contributed by atoms with E-state index in [1.165, 1.54) is 11.8 Å². The van der Waals surface area contributed by atoms with E-state index in [0.717, 1.165) is 5.75 Å². The molecule has 0 atom stereocenters. The zero-order chi connectivity index (χ0) is 15.2. The Balaban J connectivity index is 1.96. The Kier molecular flexibility index (Phi) is 5.32. The molecule has 0 aliphatic heterocycles. The third kappa shape index (κ3) is 4.04. The fourth-order valence-corrected chi connectivity index (χ4v) is 2.62. The summed E-state index contributed by atoms with van der Waals surface area (Å²) in [7, 11) is 0. The topological polar surface area (TPSA) is 69.9 Å². The van der Waals surface area contributed by atoms with Gasteiger partial charge >= 0.3 is 0 Å². The summed E-state index contributed by atoms with van der Waals surface area (Å²) in [6.07, 6.45) is 0. The molecule has 0 saturated carbocycles. The second-order valence-corrected chi connectivity index (χ2v) is 5.61. The van der Waals surface area contributed by atoms with Crippen LogP contribution in [0.25, 0.3) is 0 Å². The largest absolute Gasteiger partial charge is 0.494 e. The fraction of sp³-hybridized carbons (Fsp3) is 0.429. The molecular formula is C14H18N4O2S. The van der Waals surface area contributed by atoms with Crippen LogP contribution in [0.4, 0.5) is 0 Å². The molecule has 0 radical (unpaired) electrons. The predicted molar refractivity (Wildman–Crippen MR) is 80.9 cm³/mol. The van der Waals surface area contributed by atoms with Crippen LogP contribution in [0.2, 0.25) is 0 Å². The second-order valence-electron chi connectivity index (χ2n) is 4.67. The monoisotopic (exact) mass is 306 g/mol. The molecule has 0 spiro atoms. The van der Waals surface area contributed by atoms with E-state index in [4.69, 9.17) is 4.74 Å². The van der Waals surface area contributed by atoms with Crippen molar-refractivity contribution < 1.29 is 9.53 Å². The van der Waals surface area contributed by atoms with Crippen LogP contribution >= 0.6 is 11.8 Å². The molecule has 6 nitrogen and oxygen atoms in total. The maximum atomic E-state index is 12.2. The highest BCUT2D eigenvalue weighted by molar-refractivity contribution is 7.99. The number of rotatable bonds is 7. The highest BCUT2D eigenvalue weighted by Gasteiger charge is 2.13. The molecule has 0 unspecified atom stereocenters. The van der Waals surface area contributed by atoms with Crippen molar-refractivity contribution in [3.63, 3.8) is 0 Å². The number of ketones is 1. The number of hydrogen-bond acceptors (Lipinski definition) is 6. The van der Waals surface area contributed by atoms with E-state index in [9.17, 15) is 4.79 Å². The van der Waals surface area contributed by atoms with Crippen molar-refractivity contribution in [3.05, 3.63) is 29.8 Å². The third-order valence-corrected chi connectivity index (χ3v) is 3.70. The Morgan fingerprint density at radius 3 is 2.67 bits per heavy atom. The normalized spacial score (nSPS) is 10.9. The number of carbonyl (C=O) groups is 1. The van der Waals surface area contributed by atoms with Gasteiger partial charge in [-0.05, 0) is 55.5 Å². The van der Waals surface area contributed by atoms with Crippen molar-refractivity contribution in [1.29, 1.82) is 0 Å². The highest BCUT2D eigenvalue weighted by atomic mass is 32.2. The number of benzene rings is 1. The number of ether oxygens (including phenoxy) is 1. The zero-order valence-corrected chi connectivity index (χ0v) is 13.1. The maximum Gasteiger partial charge on any atom is 0.209 e. The molecule has 112 valence electrons. The zero-order valence-electron chi connectivity index (χ0n) is 12.3. The van der Waals surface area contributed by atoms with Crippen LogP contribution in [0.3, 0.4) is 0 Å². The lowest BCUT2D eigenvalue weighted by Crippen LogP contribution is -2.07. The summed E-state index contributed by atoms with van der Waals surface area (Å²) >= 11 is 1.35. The minimum absolute atomic E-state index is 0.0429. The summed E-state index contributed by atoms with van der Waals surface area (Å²) in [6, 6.07) is 7.33. The molecule has 2 aromatic rings. The molecule has 1 aromatic carbocycles. The second kappa shape index (κ2) is 7.21. The number of Topliss-reactive ketones (excluding diaryl/α,β-unsaturated/α-hetero) is 1. The van der Waals surface area contributed by atoms with Gasteiger partial charge in [-0.2, -0.15) is 0 Å². The lowest BCUT2D eigenvalue weighted by molar-refractivity contribution is 0.102. The average Bonchev–Trinajstić information content (AvgIpc) is 2.94. The number of hydrogen-bond donors (Lipinski definition) is 0. The molecule has 1 aromatic heterocycles. The molecule has 7 heteroatoms. The Bertz CT molecular complexity index is 595. The lowest BCUT2D eigenvalue weighted by Gasteiger charge is -2.07. The van der Waals surface area contributed by atoms with Crippen molar-refractivity contribution in [3.8, 4) is 5.75 Å². The summed E-state index contributed by atoms with van der Waals surface area (Å²) in [5.74, 6) is 1.12. The van der Waals surface area contributed by atoms with Crippen molar-refractivity contribution in [2.45, 2.75) is 32.0 Å². The van der Waals surface area contributed by atoms with Gasteiger partial charge in [-0.25, -0.2) is 4.68 Å². The van der Waals surface area contributed by atoms with Gasteiger partial charge in [-0.15, -0.1) is 5.10 Å². The first-order valence-electron chi connectivity index (χ1n) is 6.78. The number of carbonyl (C=O) groups excluding carboxylic acids is 1. The first kappa shape index (κ1) is 15.5. The van der Waals surface area contributed by atoms with Gasteiger partial charge in [0.25, 0.3) is 0 Å². The van der Waals surface area contributed by atoms with Crippen LogP contribution in [0.5, 0.6) is 5.75 Å². The van der Waals surface area contributed by atoms with E-state index in [0.29, 0.717) is 23.1 Å². The molecule has 0 N–H and O–H groups in total. The summed E-state index contributed by atoms with van der Waals surface area (Å²) in [4.78, 5) is 12.2. The minimum atomic E-state index is 0.0429. The highest BCUT2D eigenvalue weighted by Crippen LogP contribution is 2.19. The summed E-state index contributed by atoms with van der Waals surface area (Å²) in [5, 5.41) is 12.1. The van der Waals surface area contributed by atoms with Gasteiger partial charge in [0.1, 0.15) is 5.75 Å². The minimum Gasteiger partial charge on any atom is -0.494 e. The van der Waals surface area contributed by atoms with E-state index >= 15 is 0 Å². The van der Waals surface area contributed by atoms with Crippen LogP contribution in [-0.2, 0) is 0 Å². The summed E-state index contributed by atoms with van der Waals surface area (Å²) in [6.45, 7) is 6.53. The van der Waals surface area contributed by atoms with Gasteiger partial charge in [0.05, 0.1) is 18.4 Å². The standard InChI is InChI=1S/C14H18N4O2S/c1-4-20-12-7-5-11(6-8-12)13(19)9-21-14-15-16-17-18(14)10(2)3/h5-8,10H,4,9H2,1-3H3. The first-order valence-corrected chi connectivity index (χ1v) is 7.77. The van der Waals surface area contributed by atoms with Crippen LogP contribution < -0.4 is 4.74 Å². The first-order chi connectivity index (χ1) is 10.1. The van der Waals surface area contributed by atoms with E-state index < -0.39 is 0 Å². The van der Waals surface area contributed by atoms with Crippen molar-refractivity contribution in [2.24, 2.45) is 0 Å². The molecule has 0 aliphatic carbocycles. The Morgan fingerprint density at radius 1 is 1.33 bits per heavy atom. The Labute approximate surface area is 127 Å². The predicted octanol–water partition coefficient (Wildman–Crippen LogP) is 2.63. The van der Waals surface area contributed by atoms with Crippen LogP contribution in [0, 0.1) is 0 Å². The van der Waals surface area contributed by atoms with Gasteiger partial charge in [0, 0.05) is 5.56 Å². The number of thioether (sulfide) groups is 1. The summed E-state index contributed by atoms with van der Waals surface area (Å²) < 4.78 is 7.06. The van der Waals surface area contributed by atoms with Crippen LogP contribution in [0.1, 0.15) is 37.2 Å². The summed E-state index contributed by atoms with van der Waals surface area (Å²) in [5.41, 5.74) is 0.662. The van der Waals surface area contributed by atoms with Gasteiger partial charge in [0.2, 0.25) is 5.16 Å². The molecule has 0 bridgehead atoms. The van der Waals surface area contributed by atoms with Gasteiger partial charge in [0.15, 0.2) is 5.78 Å². The van der Waals surface area contributed by atoms with Crippen LogP contribution in [-0.4, -0.2) is 38.4 Å².